The van der Waals surface area contributed by atoms with Gasteiger partial charge in [0.25, 0.3) is 11.8 Å². The van der Waals surface area contributed by atoms with Crippen molar-refractivity contribution in [1.29, 1.82) is 0 Å². The van der Waals surface area contributed by atoms with Crippen molar-refractivity contribution in [2.24, 2.45) is 0 Å². The number of anilines is 1. The highest BCUT2D eigenvalue weighted by atomic mass is 79.9. The molecule has 0 aliphatic carbocycles. The zero-order valence-corrected chi connectivity index (χ0v) is 19.1. The minimum absolute atomic E-state index is 0.0415. The molecule has 4 nitrogen and oxygen atoms in total. The predicted octanol–water partition coefficient (Wildman–Crippen LogP) is 6.07. The molecule has 0 fully saturated rings. The lowest BCUT2D eigenvalue weighted by Crippen LogP contribution is -2.31. The molecule has 30 heavy (non-hydrogen) atoms. The molecule has 0 bridgehead atoms. The SMILES string of the molecule is CCN1C(=O)c2ccccc2Sc2ccc(C(=O)NC(C)c3ccc(Br)cc3)cc21. The summed E-state index contributed by atoms with van der Waals surface area (Å²) in [6, 6.07) is 20.9. The summed E-state index contributed by atoms with van der Waals surface area (Å²) in [5.74, 6) is -0.205. The van der Waals surface area contributed by atoms with Crippen molar-refractivity contribution in [3.63, 3.8) is 0 Å². The normalized spacial score (nSPS) is 13.8. The molecule has 0 saturated heterocycles. The first-order valence-electron chi connectivity index (χ1n) is 9.77. The van der Waals surface area contributed by atoms with Crippen LogP contribution in [-0.4, -0.2) is 18.4 Å². The number of rotatable bonds is 4. The lowest BCUT2D eigenvalue weighted by atomic mass is 10.1. The van der Waals surface area contributed by atoms with Gasteiger partial charge < -0.3 is 10.2 Å². The Morgan fingerprint density at radius 3 is 2.53 bits per heavy atom. The number of nitrogens with zero attached hydrogens (tertiary/aromatic N) is 1. The summed E-state index contributed by atoms with van der Waals surface area (Å²) in [6.07, 6.45) is 0. The van der Waals surface area contributed by atoms with Crippen LogP contribution < -0.4 is 10.2 Å². The Hall–Kier alpha value is -2.57. The zero-order valence-electron chi connectivity index (χ0n) is 16.7. The van der Waals surface area contributed by atoms with Crippen molar-refractivity contribution in [1.82, 2.24) is 5.32 Å². The average molecular weight is 481 g/mol. The summed E-state index contributed by atoms with van der Waals surface area (Å²) in [7, 11) is 0. The first kappa shape index (κ1) is 20.7. The highest BCUT2D eigenvalue weighted by molar-refractivity contribution is 9.10. The smallest absolute Gasteiger partial charge is 0.259 e. The number of hydrogen-bond donors (Lipinski definition) is 1. The van der Waals surface area contributed by atoms with Crippen LogP contribution in [0.15, 0.2) is 81.0 Å². The van der Waals surface area contributed by atoms with Gasteiger partial charge in [-0.1, -0.05) is 52.0 Å². The van der Waals surface area contributed by atoms with Gasteiger partial charge in [-0.15, -0.1) is 0 Å². The molecule has 0 radical (unpaired) electrons. The van der Waals surface area contributed by atoms with E-state index in [1.165, 1.54) is 0 Å². The molecule has 1 N–H and O–H groups in total. The number of carbonyl (C=O) groups is 2. The molecule has 1 unspecified atom stereocenters. The first-order valence-corrected chi connectivity index (χ1v) is 11.4. The molecule has 3 aromatic carbocycles. The summed E-state index contributed by atoms with van der Waals surface area (Å²) in [6.45, 7) is 4.43. The molecule has 0 saturated carbocycles. The number of hydrogen-bond acceptors (Lipinski definition) is 3. The monoisotopic (exact) mass is 480 g/mol. The molecular formula is C24H21BrN2O2S. The molecule has 1 aliphatic rings. The van der Waals surface area contributed by atoms with E-state index in [1.807, 2.05) is 80.6 Å². The van der Waals surface area contributed by atoms with Gasteiger partial charge in [0.1, 0.15) is 0 Å². The number of halogens is 1. The predicted molar refractivity (Wildman–Crippen MR) is 124 cm³/mol. The minimum atomic E-state index is -0.163. The lowest BCUT2D eigenvalue weighted by Gasteiger charge is -2.22. The van der Waals surface area contributed by atoms with Crippen LogP contribution in [0.1, 0.15) is 46.2 Å². The van der Waals surface area contributed by atoms with Crippen molar-refractivity contribution in [3.8, 4) is 0 Å². The quantitative estimate of drug-likeness (QED) is 0.492. The second kappa shape index (κ2) is 8.66. The van der Waals surface area contributed by atoms with Crippen molar-refractivity contribution in [2.75, 3.05) is 11.4 Å². The van der Waals surface area contributed by atoms with Gasteiger partial charge in [0, 0.05) is 26.4 Å². The molecular weight excluding hydrogens is 460 g/mol. The summed E-state index contributed by atoms with van der Waals surface area (Å²) >= 11 is 4.99. The maximum Gasteiger partial charge on any atom is 0.259 e. The molecule has 6 heteroatoms. The third-order valence-corrected chi connectivity index (χ3v) is 6.80. The summed E-state index contributed by atoms with van der Waals surface area (Å²) in [4.78, 5) is 29.7. The van der Waals surface area contributed by atoms with Crippen molar-refractivity contribution < 1.29 is 9.59 Å². The Bertz CT molecular complexity index is 1110. The van der Waals surface area contributed by atoms with E-state index in [0.717, 1.165) is 25.5 Å². The van der Waals surface area contributed by atoms with Crippen LogP contribution >= 0.6 is 27.7 Å². The maximum absolute atomic E-state index is 13.1. The first-order chi connectivity index (χ1) is 14.5. The third-order valence-electron chi connectivity index (χ3n) is 5.13. The molecule has 0 aromatic heterocycles. The van der Waals surface area contributed by atoms with E-state index in [4.69, 9.17) is 0 Å². The fraction of sp³-hybridized carbons (Fsp3) is 0.167. The highest BCUT2D eigenvalue weighted by Gasteiger charge is 2.27. The minimum Gasteiger partial charge on any atom is -0.346 e. The van der Waals surface area contributed by atoms with Gasteiger partial charge >= 0.3 is 0 Å². The van der Waals surface area contributed by atoms with Gasteiger partial charge in [0.05, 0.1) is 17.3 Å². The second-order valence-corrected chi connectivity index (χ2v) is 9.08. The van der Waals surface area contributed by atoms with Crippen molar-refractivity contribution >= 4 is 45.2 Å². The van der Waals surface area contributed by atoms with Gasteiger partial charge in [0.15, 0.2) is 0 Å². The summed E-state index contributed by atoms with van der Waals surface area (Å²) < 4.78 is 0.998. The number of amides is 2. The van der Waals surface area contributed by atoms with Crippen LogP contribution in [0.4, 0.5) is 5.69 Å². The third kappa shape index (κ3) is 4.02. The fourth-order valence-electron chi connectivity index (χ4n) is 3.49. The molecule has 1 aliphatic heterocycles. The average Bonchev–Trinajstić information content (AvgIpc) is 2.87. The molecule has 2 amide bonds. The number of carbonyl (C=O) groups excluding carboxylic acids is 2. The summed E-state index contributed by atoms with van der Waals surface area (Å²) in [5, 5.41) is 3.05. The van der Waals surface area contributed by atoms with E-state index in [2.05, 4.69) is 21.2 Å². The fourth-order valence-corrected chi connectivity index (χ4v) is 4.81. The molecule has 152 valence electrons. The zero-order chi connectivity index (χ0) is 21.3. The standard InChI is InChI=1S/C24H21BrN2O2S/c1-3-27-20-14-17(23(28)26-15(2)16-8-11-18(25)12-9-16)10-13-22(20)30-21-7-5-4-6-19(21)24(27)29/h4-15H,3H2,1-2H3,(H,26,28). The van der Waals surface area contributed by atoms with Crippen molar-refractivity contribution in [2.45, 2.75) is 29.7 Å². The van der Waals surface area contributed by atoms with Crippen LogP contribution in [0.3, 0.4) is 0 Å². The van der Waals surface area contributed by atoms with Gasteiger partial charge in [-0.2, -0.15) is 0 Å². The molecule has 4 rings (SSSR count). The maximum atomic E-state index is 13.1. The number of benzene rings is 3. The van der Waals surface area contributed by atoms with Crippen LogP contribution in [-0.2, 0) is 0 Å². The summed E-state index contributed by atoms with van der Waals surface area (Å²) in [5.41, 5.74) is 3.02. The number of fused-ring (bicyclic) bond motifs is 2. The van der Waals surface area contributed by atoms with Crippen LogP contribution in [0, 0.1) is 0 Å². The topological polar surface area (TPSA) is 49.4 Å². The Morgan fingerprint density at radius 1 is 1.07 bits per heavy atom. The Labute approximate surface area is 188 Å². The van der Waals surface area contributed by atoms with Gasteiger partial charge in [0.2, 0.25) is 0 Å². The van der Waals surface area contributed by atoms with E-state index >= 15 is 0 Å². The Morgan fingerprint density at radius 2 is 1.80 bits per heavy atom. The Kier molecular flexibility index (Phi) is 5.97. The second-order valence-electron chi connectivity index (χ2n) is 7.08. The largest absolute Gasteiger partial charge is 0.346 e. The van der Waals surface area contributed by atoms with E-state index in [-0.39, 0.29) is 17.9 Å². The van der Waals surface area contributed by atoms with E-state index in [9.17, 15) is 9.59 Å². The van der Waals surface area contributed by atoms with Gasteiger partial charge in [-0.25, -0.2) is 0 Å². The van der Waals surface area contributed by atoms with E-state index < -0.39 is 0 Å². The van der Waals surface area contributed by atoms with Crippen molar-refractivity contribution in [3.05, 3.63) is 87.9 Å². The lowest BCUT2D eigenvalue weighted by molar-refractivity contribution is 0.0937. The van der Waals surface area contributed by atoms with E-state index in [1.54, 1.807) is 16.7 Å². The molecule has 0 spiro atoms. The van der Waals surface area contributed by atoms with Crippen LogP contribution in [0.25, 0.3) is 0 Å². The molecule has 1 heterocycles. The van der Waals surface area contributed by atoms with Crippen LogP contribution in [0.2, 0.25) is 0 Å². The highest BCUT2D eigenvalue weighted by Crippen LogP contribution is 2.41. The van der Waals surface area contributed by atoms with E-state index in [0.29, 0.717) is 17.7 Å². The number of nitrogens with one attached hydrogen (secondary N) is 1. The molecule has 3 aromatic rings. The van der Waals surface area contributed by atoms with Gasteiger partial charge in [-0.05, 0) is 61.9 Å². The van der Waals surface area contributed by atoms with Gasteiger partial charge in [-0.3, -0.25) is 9.59 Å². The Balaban J connectivity index is 1.63. The van der Waals surface area contributed by atoms with Crippen LogP contribution in [0.5, 0.6) is 0 Å². The molecule has 1 atom stereocenters.